The highest BCUT2D eigenvalue weighted by Crippen LogP contribution is 2.26. The van der Waals surface area contributed by atoms with Gasteiger partial charge in [0, 0.05) is 10.5 Å². The Morgan fingerprint density at radius 1 is 1.17 bits per heavy atom. The van der Waals surface area contributed by atoms with Crippen LogP contribution in [0.5, 0.6) is 5.75 Å². The van der Waals surface area contributed by atoms with Gasteiger partial charge in [-0.05, 0) is 61.0 Å². The van der Waals surface area contributed by atoms with E-state index < -0.39 is 5.97 Å². The standard InChI is InChI=1S/C22H20N2O5S/c1-14-11-15(22(26)27)3-9-19(14)20-10-6-17(29-20)12-23-24-21(25)13-30-18-7-4-16(28-2)5-8-18/h3-12H,13H2,1-2H3,(H,24,25)(H,26,27)/b23-12+. The van der Waals surface area contributed by atoms with Crippen LogP contribution in [0.1, 0.15) is 21.7 Å². The van der Waals surface area contributed by atoms with E-state index in [1.807, 2.05) is 31.2 Å². The van der Waals surface area contributed by atoms with Crippen molar-refractivity contribution in [2.45, 2.75) is 11.8 Å². The molecular formula is C22H20N2O5S. The maximum Gasteiger partial charge on any atom is 0.335 e. The SMILES string of the molecule is COc1ccc(SCC(=O)N/N=C/c2ccc(-c3ccc(C(=O)O)cc3C)o2)cc1. The summed E-state index contributed by atoms with van der Waals surface area (Å²) in [5.74, 6) is 0.834. The molecule has 0 aliphatic heterocycles. The summed E-state index contributed by atoms with van der Waals surface area (Å²) >= 11 is 1.39. The molecule has 0 bridgehead atoms. The van der Waals surface area contributed by atoms with Crippen LogP contribution in [0, 0.1) is 6.92 Å². The van der Waals surface area contributed by atoms with Crippen molar-refractivity contribution in [2.75, 3.05) is 12.9 Å². The third-order valence-corrected chi connectivity index (χ3v) is 5.19. The molecule has 1 heterocycles. The van der Waals surface area contributed by atoms with Gasteiger partial charge in [-0.25, -0.2) is 10.2 Å². The van der Waals surface area contributed by atoms with E-state index in [0.717, 1.165) is 21.8 Å². The number of hydrogen-bond donors (Lipinski definition) is 2. The number of rotatable bonds is 8. The number of furan rings is 1. The summed E-state index contributed by atoms with van der Waals surface area (Å²) in [7, 11) is 1.60. The number of ether oxygens (including phenoxy) is 1. The molecule has 0 fully saturated rings. The van der Waals surface area contributed by atoms with Crippen LogP contribution in [0.25, 0.3) is 11.3 Å². The minimum Gasteiger partial charge on any atom is -0.497 e. The van der Waals surface area contributed by atoms with Gasteiger partial charge in [0.2, 0.25) is 5.91 Å². The van der Waals surface area contributed by atoms with Gasteiger partial charge in [0.25, 0.3) is 0 Å². The van der Waals surface area contributed by atoms with Crippen molar-refractivity contribution in [2.24, 2.45) is 5.10 Å². The highest BCUT2D eigenvalue weighted by Gasteiger charge is 2.10. The second-order valence-corrected chi connectivity index (χ2v) is 7.34. The van der Waals surface area contributed by atoms with E-state index in [1.54, 1.807) is 31.4 Å². The van der Waals surface area contributed by atoms with Gasteiger partial charge in [-0.1, -0.05) is 6.07 Å². The van der Waals surface area contributed by atoms with Gasteiger partial charge >= 0.3 is 5.97 Å². The predicted octanol–water partition coefficient (Wildman–Crippen LogP) is 4.20. The van der Waals surface area contributed by atoms with Crippen molar-refractivity contribution < 1.29 is 23.8 Å². The summed E-state index contributed by atoms with van der Waals surface area (Å²) in [4.78, 5) is 23.9. The molecule has 0 aliphatic rings. The summed E-state index contributed by atoms with van der Waals surface area (Å²) in [5, 5.41) is 13.0. The van der Waals surface area contributed by atoms with Crippen molar-refractivity contribution in [3.8, 4) is 17.1 Å². The zero-order valence-electron chi connectivity index (χ0n) is 16.4. The number of carbonyl (C=O) groups excluding carboxylic acids is 1. The zero-order chi connectivity index (χ0) is 21.5. The highest BCUT2D eigenvalue weighted by atomic mass is 32.2. The normalized spacial score (nSPS) is 10.9. The largest absolute Gasteiger partial charge is 0.497 e. The molecule has 1 amide bonds. The number of methoxy groups -OCH3 is 1. The topological polar surface area (TPSA) is 101 Å². The first-order valence-corrected chi connectivity index (χ1v) is 9.97. The number of aryl methyl sites for hydroxylation is 1. The van der Waals surface area contributed by atoms with Crippen LogP contribution in [0.4, 0.5) is 0 Å². The van der Waals surface area contributed by atoms with E-state index in [4.69, 9.17) is 14.3 Å². The molecule has 0 radical (unpaired) electrons. The number of carbonyl (C=O) groups is 2. The monoisotopic (exact) mass is 424 g/mol. The van der Waals surface area contributed by atoms with E-state index in [0.29, 0.717) is 11.5 Å². The van der Waals surface area contributed by atoms with Crippen LogP contribution in [0.15, 0.2) is 69.0 Å². The number of hydrogen-bond acceptors (Lipinski definition) is 6. The van der Waals surface area contributed by atoms with Gasteiger partial charge < -0.3 is 14.3 Å². The van der Waals surface area contributed by atoms with E-state index in [2.05, 4.69) is 10.5 Å². The molecule has 3 aromatic rings. The second kappa shape index (κ2) is 9.80. The van der Waals surface area contributed by atoms with Crippen LogP contribution in [-0.4, -0.2) is 36.1 Å². The van der Waals surface area contributed by atoms with Gasteiger partial charge in [0.15, 0.2) is 0 Å². The second-order valence-electron chi connectivity index (χ2n) is 6.29. The Labute approximate surface area is 177 Å². The van der Waals surface area contributed by atoms with Crippen LogP contribution in [0.3, 0.4) is 0 Å². The molecule has 154 valence electrons. The number of nitrogens with one attached hydrogen (secondary N) is 1. The van der Waals surface area contributed by atoms with Crippen molar-refractivity contribution in [1.29, 1.82) is 0 Å². The third kappa shape index (κ3) is 5.51. The molecule has 8 heteroatoms. The van der Waals surface area contributed by atoms with Crippen LogP contribution >= 0.6 is 11.8 Å². The third-order valence-electron chi connectivity index (χ3n) is 4.18. The summed E-state index contributed by atoms with van der Waals surface area (Å²) in [6.07, 6.45) is 1.42. The zero-order valence-corrected chi connectivity index (χ0v) is 17.2. The summed E-state index contributed by atoms with van der Waals surface area (Å²) in [6, 6.07) is 15.8. The van der Waals surface area contributed by atoms with Crippen LogP contribution in [-0.2, 0) is 4.79 Å². The van der Waals surface area contributed by atoms with Crippen molar-refractivity contribution in [1.82, 2.24) is 5.43 Å². The summed E-state index contributed by atoms with van der Waals surface area (Å²) in [5.41, 5.74) is 4.27. The lowest BCUT2D eigenvalue weighted by Crippen LogP contribution is -2.19. The minimum atomic E-state index is -0.974. The first kappa shape index (κ1) is 21.2. The molecule has 0 saturated heterocycles. The van der Waals surface area contributed by atoms with Crippen molar-refractivity contribution >= 4 is 29.9 Å². The smallest absolute Gasteiger partial charge is 0.335 e. The lowest BCUT2D eigenvalue weighted by molar-refractivity contribution is -0.118. The molecule has 0 spiro atoms. The first-order valence-electron chi connectivity index (χ1n) is 8.99. The molecule has 0 saturated carbocycles. The van der Waals surface area contributed by atoms with Gasteiger partial charge in [-0.2, -0.15) is 5.10 Å². The average molecular weight is 424 g/mol. The summed E-state index contributed by atoms with van der Waals surface area (Å²) < 4.78 is 10.8. The lowest BCUT2D eigenvalue weighted by atomic mass is 10.0. The highest BCUT2D eigenvalue weighted by molar-refractivity contribution is 8.00. The molecule has 7 nitrogen and oxygen atoms in total. The van der Waals surface area contributed by atoms with Gasteiger partial charge in [0.1, 0.15) is 17.3 Å². The maximum absolute atomic E-state index is 11.9. The Kier molecular flexibility index (Phi) is 6.92. The van der Waals surface area contributed by atoms with Crippen LogP contribution < -0.4 is 10.2 Å². The molecule has 30 heavy (non-hydrogen) atoms. The van der Waals surface area contributed by atoms with Gasteiger partial charge in [-0.3, -0.25) is 4.79 Å². The molecule has 3 rings (SSSR count). The number of benzene rings is 2. The molecule has 2 aromatic carbocycles. The Morgan fingerprint density at radius 3 is 2.60 bits per heavy atom. The number of carboxylic acid groups (broad SMARTS) is 1. The van der Waals surface area contributed by atoms with Gasteiger partial charge in [-0.15, -0.1) is 11.8 Å². The quantitative estimate of drug-likeness (QED) is 0.319. The molecule has 0 unspecified atom stereocenters. The minimum absolute atomic E-state index is 0.222. The fourth-order valence-corrected chi connectivity index (χ4v) is 3.35. The average Bonchev–Trinajstić information content (AvgIpc) is 3.21. The van der Waals surface area contributed by atoms with Crippen molar-refractivity contribution in [3.63, 3.8) is 0 Å². The predicted molar refractivity (Wildman–Crippen MR) is 115 cm³/mol. The Balaban J connectivity index is 1.54. The molecule has 2 N–H and O–H groups in total. The number of nitrogens with zero attached hydrogens (tertiary/aromatic N) is 1. The van der Waals surface area contributed by atoms with E-state index in [1.165, 1.54) is 24.0 Å². The van der Waals surface area contributed by atoms with E-state index in [-0.39, 0.29) is 17.2 Å². The summed E-state index contributed by atoms with van der Waals surface area (Å²) in [6.45, 7) is 1.82. The number of thioether (sulfide) groups is 1. The molecule has 0 aliphatic carbocycles. The maximum atomic E-state index is 11.9. The fourth-order valence-electron chi connectivity index (χ4n) is 2.66. The van der Waals surface area contributed by atoms with E-state index >= 15 is 0 Å². The van der Waals surface area contributed by atoms with E-state index in [9.17, 15) is 9.59 Å². The first-order chi connectivity index (χ1) is 14.5. The fraction of sp³-hybridized carbons (Fsp3) is 0.136. The Bertz CT molecular complexity index is 1070. The number of amides is 1. The Hall–Kier alpha value is -3.52. The van der Waals surface area contributed by atoms with Gasteiger partial charge in [0.05, 0.1) is 24.6 Å². The number of aromatic carboxylic acids is 1. The lowest BCUT2D eigenvalue weighted by Gasteiger charge is -2.04. The Morgan fingerprint density at radius 2 is 1.93 bits per heavy atom. The molecule has 0 atom stereocenters. The molecule has 1 aromatic heterocycles. The number of hydrazone groups is 1. The van der Waals surface area contributed by atoms with Crippen molar-refractivity contribution in [3.05, 3.63) is 71.5 Å². The van der Waals surface area contributed by atoms with Crippen LogP contribution in [0.2, 0.25) is 0 Å². The number of carboxylic acids is 1. The molecular weight excluding hydrogens is 404 g/mol.